The number of esters is 1. The Balaban J connectivity index is 2.10. The third kappa shape index (κ3) is 2.22. The molecule has 22 heavy (non-hydrogen) atoms. The minimum atomic E-state index is -0.375. The summed E-state index contributed by atoms with van der Waals surface area (Å²) in [5.41, 5.74) is 5.67. The molecule has 0 spiro atoms. The molecule has 0 saturated heterocycles. The van der Waals surface area contributed by atoms with Crippen LogP contribution < -0.4 is 0 Å². The molecular formula is C17H18N2O3. The molecule has 1 aliphatic rings. The summed E-state index contributed by atoms with van der Waals surface area (Å²) in [4.78, 5) is 27.1. The first kappa shape index (κ1) is 14.5. The van der Waals surface area contributed by atoms with Gasteiger partial charge in [0.25, 0.3) is 0 Å². The first-order valence-electron chi connectivity index (χ1n) is 7.46. The summed E-state index contributed by atoms with van der Waals surface area (Å²) in [5.74, 6) is -0.375. The quantitative estimate of drug-likeness (QED) is 0.641. The maximum absolute atomic E-state index is 12.0. The summed E-state index contributed by atoms with van der Waals surface area (Å²) in [6.45, 7) is 4.14. The minimum Gasteiger partial charge on any atom is -0.461 e. The number of hydrogen-bond acceptors (Lipinski definition) is 4. The monoisotopic (exact) mass is 298 g/mol. The van der Waals surface area contributed by atoms with Gasteiger partial charge in [-0.15, -0.1) is 0 Å². The Kier molecular flexibility index (Phi) is 3.79. The number of carbonyl (C=O) groups is 2. The zero-order valence-corrected chi connectivity index (χ0v) is 12.8. The fourth-order valence-electron chi connectivity index (χ4n) is 3.10. The number of fused-ring (bicyclic) bond motifs is 3. The van der Waals surface area contributed by atoms with Crippen molar-refractivity contribution in [2.75, 3.05) is 6.61 Å². The van der Waals surface area contributed by atoms with E-state index >= 15 is 0 Å². The SMILES string of the molecule is CCOC(=O)c1ncn2c1CCc1c-2ccc(C)c1CC=O. The molecule has 0 saturated carbocycles. The molecule has 0 atom stereocenters. The van der Waals surface area contributed by atoms with Crippen molar-refractivity contribution in [3.8, 4) is 5.69 Å². The lowest BCUT2D eigenvalue weighted by Crippen LogP contribution is -2.17. The number of aldehydes is 1. The maximum Gasteiger partial charge on any atom is 0.358 e. The molecule has 0 radical (unpaired) electrons. The Hall–Kier alpha value is -2.43. The van der Waals surface area contributed by atoms with Gasteiger partial charge in [-0.05, 0) is 49.4 Å². The smallest absolute Gasteiger partial charge is 0.358 e. The van der Waals surface area contributed by atoms with Crippen molar-refractivity contribution in [1.29, 1.82) is 0 Å². The molecule has 0 aliphatic carbocycles. The molecule has 1 aromatic carbocycles. The number of hydrogen-bond donors (Lipinski definition) is 0. The molecule has 0 amide bonds. The van der Waals surface area contributed by atoms with Crippen molar-refractivity contribution < 1.29 is 14.3 Å². The second kappa shape index (κ2) is 5.75. The van der Waals surface area contributed by atoms with Crippen LogP contribution in [0, 0.1) is 6.92 Å². The average molecular weight is 298 g/mol. The Morgan fingerprint density at radius 3 is 2.95 bits per heavy atom. The fraction of sp³-hybridized carbons (Fsp3) is 0.353. The highest BCUT2D eigenvalue weighted by atomic mass is 16.5. The van der Waals surface area contributed by atoms with E-state index < -0.39 is 0 Å². The van der Waals surface area contributed by atoms with E-state index in [1.165, 1.54) is 5.56 Å². The molecule has 2 heterocycles. The van der Waals surface area contributed by atoms with Gasteiger partial charge < -0.3 is 14.1 Å². The molecule has 1 aromatic heterocycles. The number of benzene rings is 1. The van der Waals surface area contributed by atoms with Crippen LogP contribution in [0.15, 0.2) is 18.5 Å². The molecule has 0 fully saturated rings. The van der Waals surface area contributed by atoms with E-state index in [9.17, 15) is 9.59 Å². The first-order chi connectivity index (χ1) is 10.7. The molecule has 5 heteroatoms. The van der Waals surface area contributed by atoms with Crippen LogP contribution in [0.1, 0.15) is 39.8 Å². The predicted octanol–water partition coefficient (Wildman–Crippen LogP) is 2.20. The molecular weight excluding hydrogens is 280 g/mol. The lowest BCUT2D eigenvalue weighted by molar-refractivity contribution is -0.107. The maximum atomic E-state index is 12.0. The Morgan fingerprint density at radius 2 is 2.23 bits per heavy atom. The Morgan fingerprint density at radius 1 is 1.41 bits per heavy atom. The zero-order valence-electron chi connectivity index (χ0n) is 12.8. The summed E-state index contributed by atoms with van der Waals surface area (Å²) in [6, 6.07) is 4.04. The van der Waals surface area contributed by atoms with Gasteiger partial charge in [0.15, 0.2) is 5.69 Å². The molecule has 0 unspecified atom stereocenters. The number of aromatic nitrogens is 2. The number of rotatable bonds is 4. The summed E-state index contributed by atoms with van der Waals surface area (Å²) in [7, 11) is 0. The van der Waals surface area contributed by atoms with Crippen molar-refractivity contribution in [2.24, 2.45) is 0 Å². The topological polar surface area (TPSA) is 61.2 Å². The molecule has 1 aliphatic heterocycles. The van der Waals surface area contributed by atoms with E-state index in [0.29, 0.717) is 18.7 Å². The van der Waals surface area contributed by atoms with E-state index in [0.717, 1.165) is 41.6 Å². The van der Waals surface area contributed by atoms with Gasteiger partial charge in [0.2, 0.25) is 0 Å². The van der Waals surface area contributed by atoms with Crippen LogP contribution in [0.3, 0.4) is 0 Å². The van der Waals surface area contributed by atoms with Crippen molar-refractivity contribution in [3.05, 3.63) is 46.5 Å². The van der Waals surface area contributed by atoms with Crippen molar-refractivity contribution in [3.63, 3.8) is 0 Å². The lowest BCUT2D eigenvalue weighted by atomic mass is 9.91. The largest absolute Gasteiger partial charge is 0.461 e. The summed E-state index contributed by atoms with van der Waals surface area (Å²) < 4.78 is 7.00. The van der Waals surface area contributed by atoms with Crippen LogP contribution in [0.2, 0.25) is 0 Å². The van der Waals surface area contributed by atoms with Crippen LogP contribution in [0.25, 0.3) is 5.69 Å². The van der Waals surface area contributed by atoms with Crippen LogP contribution in [0.4, 0.5) is 0 Å². The Labute approximate surface area is 128 Å². The van der Waals surface area contributed by atoms with E-state index in [1.54, 1.807) is 13.3 Å². The summed E-state index contributed by atoms with van der Waals surface area (Å²) in [6.07, 6.45) is 4.55. The van der Waals surface area contributed by atoms with Crippen molar-refractivity contribution in [1.82, 2.24) is 9.55 Å². The second-order valence-corrected chi connectivity index (χ2v) is 5.36. The van der Waals surface area contributed by atoms with Gasteiger partial charge in [-0.3, -0.25) is 0 Å². The number of ether oxygens (including phenoxy) is 1. The van der Waals surface area contributed by atoms with Gasteiger partial charge in [0, 0.05) is 6.42 Å². The van der Waals surface area contributed by atoms with Crippen molar-refractivity contribution >= 4 is 12.3 Å². The second-order valence-electron chi connectivity index (χ2n) is 5.36. The molecule has 114 valence electrons. The number of imidazole rings is 1. The highest BCUT2D eigenvalue weighted by Gasteiger charge is 2.25. The normalized spacial score (nSPS) is 12.5. The third-order valence-corrected chi connectivity index (χ3v) is 4.13. The lowest BCUT2D eigenvalue weighted by Gasteiger charge is -2.23. The van der Waals surface area contributed by atoms with Gasteiger partial charge in [0.1, 0.15) is 12.6 Å². The standard InChI is InChI=1S/C17H18N2O3/c1-3-22-17(21)16-15-7-5-13-12(8-9-20)11(2)4-6-14(13)19(15)10-18-16/h4,6,9-10H,3,5,7-8H2,1-2H3. The van der Waals surface area contributed by atoms with Crippen LogP contribution in [-0.2, 0) is 28.8 Å². The van der Waals surface area contributed by atoms with E-state index in [2.05, 4.69) is 4.98 Å². The summed E-state index contributed by atoms with van der Waals surface area (Å²) >= 11 is 0. The molecule has 3 rings (SSSR count). The van der Waals surface area contributed by atoms with E-state index in [4.69, 9.17) is 4.74 Å². The van der Waals surface area contributed by atoms with Gasteiger partial charge in [0.05, 0.1) is 18.0 Å². The molecule has 2 aromatic rings. The number of nitrogens with zero attached hydrogens (tertiary/aromatic N) is 2. The number of carbonyl (C=O) groups excluding carboxylic acids is 2. The number of aryl methyl sites for hydroxylation is 1. The third-order valence-electron chi connectivity index (χ3n) is 4.13. The predicted molar refractivity (Wildman–Crippen MR) is 81.4 cm³/mol. The first-order valence-corrected chi connectivity index (χ1v) is 7.46. The zero-order chi connectivity index (χ0) is 15.7. The van der Waals surface area contributed by atoms with Gasteiger partial charge >= 0.3 is 5.97 Å². The van der Waals surface area contributed by atoms with Crippen LogP contribution in [-0.4, -0.2) is 28.4 Å². The van der Waals surface area contributed by atoms with Crippen molar-refractivity contribution in [2.45, 2.75) is 33.1 Å². The van der Waals surface area contributed by atoms with E-state index in [1.807, 2.05) is 23.6 Å². The van der Waals surface area contributed by atoms with Crippen LogP contribution in [0.5, 0.6) is 0 Å². The highest BCUT2D eigenvalue weighted by Crippen LogP contribution is 2.31. The van der Waals surface area contributed by atoms with Gasteiger partial charge in [-0.1, -0.05) is 6.07 Å². The fourth-order valence-corrected chi connectivity index (χ4v) is 3.10. The average Bonchev–Trinajstić information content (AvgIpc) is 2.94. The Bertz CT molecular complexity index is 747. The van der Waals surface area contributed by atoms with E-state index in [-0.39, 0.29) is 5.97 Å². The summed E-state index contributed by atoms with van der Waals surface area (Å²) in [5, 5.41) is 0. The molecule has 5 nitrogen and oxygen atoms in total. The minimum absolute atomic E-state index is 0.338. The van der Waals surface area contributed by atoms with Crippen LogP contribution >= 0.6 is 0 Å². The molecule has 0 N–H and O–H groups in total. The van der Waals surface area contributed by atoms with Gasteiger partial charge in [-0.25, -0.2) is 9.78 Å². The highest BCUT2D eigenvalue weighted by molar-refractivity contribution is 5.89. The van der Waals surface area contributed by atoms with Gasteiger partial charge in [-0.2, -0.15) is 0 Å². The molecule has 0 bridgehead atoms.